The van der Waals surface area contributed by atoms with E-state index in [2.05, 4.69) is 83.6 Å². The van der Waals surface area contributed by atoms with Crippen LogP contribution in [0.3, 0.4) is 0 Å². The number of likely N-dealkylation sites (N-methyl/N-ethyl adjacent to an activating group) is 1. The second-order valence-corrected chi connectivity index (χ2v) is 7.22. The number of rotatable bonds is 7. The van der Waals surface area contributed by atoms with Gasteiger partial charge in [0.15, 0.2) is 0 Å². The smallest absolute Gasteiger partial charge is 0.0201 e. The summed E-state index contributed by atoms with van der Waals surface area (Å²) in [5.74, 6) is 1.09. The van der Waals surface area contributed by atoms with Crippen molar-refractivity contribution in [2.24, 2.45) is 0 Å². The molecule has 2 rings (SSSR count). The number of nitrogens with one attached hydrogen (secondary N) is 1. The van der Waals surface area contributed by atoms with E-state index in [0.29, 0.717) is 6.04 Å². The highest BCUT2D eigenvalue weighted by atomic mass is 79.9. The van der Waals surface area contributed by atoms with Crippen LogP contribution in [-0.2, 0) is 6.42 Å². The van der Waals surface area contributed by atoms with Crippen LogP contribution in [-0.4, -0.2) is 18.3 Å². The maximum absolute atomic E-state index is 3.60. The zero-order valence-corrected chi connectivity index (χ0v) is 15.0. The number of thioether (sulfide) groups is 1. The Morgan fingerprint density at radius 2 is 1.71 bits per heavy atom. The fourth-order valence-electron chi connectivity index (χ4n) is 2.22. The lowest BCUT2D eigenvalue weighted by Gasteiger charge is -2.18. The zero-order chi connectivity index (χ0) is 15.1. The molecule has 0 amide bonds. The van der Waals surface area contributed by atoms with Gasteiger partial charge in [-0.1, -0.05) is 52.7 Å². The second kappa shape index (κ2) is 8.62. The molecule has 2 aromatic rings. The van der Waals surface area contributed by atoms with Crippen LogP contribution in [0.15, 0.2) is 57.9 Å². The topological polar surface area (TPSA) is 12.0 Å². The van der Waals surface area contributed by atoms with Gasteiger partial charge in [0, 0.05) is 21.2 Å². The zero-order valence-electron chi connectivity index (χ0n) is 12.6. The molecule has 1 nitrogen and oxygen atoms in total. The van der Waals surface area contributed by atoms with Crippen LogP contribution in [0.1, 0.15) is 18.1 Å². The van der Waals surface area contributed by atoms with Crippen molar-refractivity contribution in [3.05, 3.63) is 64.1 Å². The molecule has 0 radical (unpaired) electrons. The molecule has 0 saturated carbocycles. The molecule has 0 aromatic heterocycles. The Labute approximate surface area is 140 Å². The summed E-state index contributed by atoms with van der Waals surface area (Å²) in [6.45, 7) is 5.32. The summed E-state index contributed by atoms with van der Waals surface area (Å²) in [7, 11) is 0. The van der Waals surface area contributed by atoms with Crippen LogP contribution in [0.2, 0.25) is 0 Å². The summed E-state index contributed by atoms with van der Waals surface area (Å²) in [6, 6.07) is 17.9. The van der Waals surface area contributed by atoms with Gasteiger partial charge in [0.05, 0.1) is 0 Å². The number of halogens is 1. The van der Waals surface area contributed by atoms with Gasteiger partial charge in [-0.2, -0.15) is 0 Å². The van der Waals surface area contributed by atoms with E-state index in [1.807, 2.05) is 11.8 Å². The lowest BCUT2D eigenvalue weighted by molar-refractivity contribution is 0.572. The van der Waals surface area contributed by atoms with Gasteiger partial charge in [-0.25, -0.2) is 0 Å². The van der Waals surface area contributed by atoms with Crippen LogP contribution >= 0.6 is 27.7 Å². The average Bonchev–Trinajstić information content (AvgIpc) is 2.49. The Balaban J connectivity index is 1.92. The Hall–Kier alpha value is -0.770. The van der Waals surface area contributed by atoms with Gasteiger partial charge in [0.1, 0.15) is 0 Å². The molecule has 21 heavy (non-hydrogen) atoms. The summed E-state index contributed by atoms with van der Waals surface area (Å²) in [5, 5.41) is 3.60. The Bertz CT molecular complexity index is 536. The Morgan fingerprint density at radius 1 is 1.05 bits per heavy atom. The molecule has 3 heteroatoms. The minimum atomic E-state index is 0.506. The molecule has 0 saturated heterocycles. The van der Waals surface area contributed by atoms with Crippen molar-refractivity contribution in [1.82, 2.24) is 5.32 Å². The third-order valence-electron chi connectivity index (χ3n) is 3.36. The van der Waals surface area contributed by atoms with E-state index >= 15 is 0 Å². The van der Waals surface area contributed by atoms with E-state index in [9.17, 15) is 0 Å². The summed E-state index contributed by atoms with van der Waals surface area (Å²) in [5.41, 5.74) is 2.73. The first-order valence-corrected chi connectivity index (χ1v) is 9.12. The van der Waals surface area contributed by atoms with Crippen molar-refractivity contribution in [3.63, 3.8) is 0 Å². The predicted octanol–water partition coefficient (Wildman–Crippen LogP) is 5.07. The van der Waals surface area contributed by atoms with Crippen LogP contribution in [0.25, 0.3) is 0 Å². The molecule has 0 fully saturated rings. The Morgan fingerprint density at radius 3 is 2.33 bits per heavy atom. The second-order valence-electron chi connectivity index (χ2n) is 5.21. The first kappa shape index (κ1) is 16.6. The molecule has 0 heterocycles. The first-order valence-electron chi connectivity index (χ1n) is 7.34. The van der Waals surface area contributed by atoms with Crippen molar-refractivity contribution < 1.29 is 0 Å². The third-order valence-corrected chi connectivity index (χ3v) is 5.06. The monoisotopic (exact) mass is 363 g/mol. The van der Waals surface area contributed by atoms with Crippen LogP contribution < -0.4 is 5.32 Å². The lowest BCUT2D eigenvalue weighted by atomic mass is 10.1. The van der Waals surface area contributed by atoms with Crippen molar-refractivity contribution in [1.29, 1.82) is 0 Å². The number of benzene rings is 2. The molecule has 2 aromatic carbocycles. The highest BCUT2D eigenvalue weighted by molar-refractivity contribution is 9.10. The highest BCUT2D eigenvalue weighted by Crippen LogP contribution is 2.22. The average molecular weight is 364 g/mol. The molecule has 1 atom stereocenters. The number of aryl methyl sites for hydroxylation is 1. The first-order chi connectivity index (χ1) is 10.2. The van der Waals surface area contributed by atoms with E-state index in [0.717, 1.165) is 23.2 Å². The lowest BCUT2D eigenvalue weighted by Crippen LogP contribution is -2.33. The molecular formula is C18H22BrNS. The van der Waals surface area contributed by atoms with Crippen LogP contribution in [0, 0.1) is 6.92 Å². The maximum atomic E-state index is 3.60. The van der Waals surface area contributed by atoms with Crippen molar-refractivity contribution in [2.75, 3.05) is 12.3 Å². The molecule has 0 spiro atoms. The van der Waals surface area contributed by atoms with Gasteiger partial charge in [0.2, 0.25) is 0 Å². The molecule has 0 aliphatic heterocycles. The quantitative estimate of drug-likeness (QED) is 0.689. The summed E-state index contributed by atoms with van der Waals surface area (Å²) >= 11 is 5.40. The predicted molar refractivity (Wildman–Crippen MR) is 97.2 cm³/mol. The van der Waals surface area contributed by atoms with Crippen molar-refractivity contribution >= 4 is 27.7 Å². The van der Waals surface area contributed by atoms with E-state index in [-0.39, 0.29) is 0 Å². The fourth-order valence-corrected chi connectivity index (χ4v) is 3.44. The van der Waals surface area contributed by atoms with E-state index in [1.54, 1.807) is 0 Å². The summed E-state index contributed by atoms with van der Waals surface area (Å²) in [6.07, 6.45) is 1.08. The normalized spacial score (nSPS) is 12.3. The van der Waals surface area contributed by atoms with Gasteiger partial charge < -0.3 is 5.32 Å². The standard InChI is InChI=1S/C18H22BrNS/c1-3-20-17(12-15-6-4-14(2)5-7-15)13-21-18-10-8-16(19)9-11-18/h4-11,17,20H,3,12-13H2,1-2H3. The molecule has 0 bridgehead atoms. The molecule has 1 N–H and O–H groups in total. The largest absolute Gasteiger partial charge is 0.313 e. The number of hydrogen-bond acceptors (Lipinski definition) is 2. The van der Waals surface area contributed by atoms with Crippen molar-refractivity contribution in [2.45, 2.75) is 31.2 Å². The van der Waals surface area contributed by atoms with Gasteiger partial charge in [-0.3, -0.25) is 0 Å². The van der Waals surface area contributed by atoms with Gasteiger partial charge in [-0.15, -0.1) is 11.8 Å². The summed E-state index contributed by atoms with van der Waals surface area (Å²) < 4.78 is 1.13. The fraction of sp³-hybridized carbons (Fsp3) is 0.333. The minimum Gasteiger partial charge on any atom is -0.313 e. The number of hydrogen-bond donors (Lipinski definition) is 1. The SMILES string of the molecule is CCNC(CSc1ccc(Br)cc1)Cc1ccc(C)cc1. The minimum absolute atomic E-state index is 0.506. The van der Waals surface area contributed by atoms with Crippen LogP contribution in [0.5, 0.6) is 0 Å². The van der Waals surface area contributed by atoms with Crippen LogP contribution in [0.4, 0.5) is 0 Å². The molecular weight excluding hydrogens is 342 g/mol. The Kier molecular flexibility index (Phi) is 6.81. The third kappa shape index (κ3) is 5.85. The van der Waals surface area contributed by atoms with E-state index in [4.69, 9.17) is 0 Å². The maximum Gasteiger partial charge on any atom is 0.0201 e. The highest BCUT2D eigenvalue weighted by Gasteiger charge is 2.09. The van der Waals surface area contributed by atoms with Gasteiger partial charge in [-0.05, 0) is 49.7 Å². The molecule has 0 aliphatic rings. The van der Waals surface area contributed by atoms with E-state index < -0.39 is 0 Å². The van der Waals surface area contributed by atoms with E-state index in [1.165, 1.54) is 16.0 Å². The molecule has 0 aliphatic carbocycles. The van der Waals surface area contributed by atoms with Crippen molar-refractivity contribution in [3.8, 4) is 0 Å². The van der Waals surface area contributed by atoms with Gasteiger partial charge in [0.25, 0.3) is 0 Å². The molecule has 1 unspecified atom stereocenters. The van der Waals surface area contributed by atoms with Gasteiger partial charge >= 0.3 is 0 Å². The molecule has 112 valence electrons. The summed E-state index contributed by atoms with van der Waals surface area (Å²) in [4.78, 5) is 1.32.